The molecule has 0 atom stereocenters. The molecule has 1 heterocycles. The number of nitrogens with one attached hydrogen (secondary N) is 1. The van der Waals surface area contributed by atoms with Gasteiger partial charge < -0.3 is 10.1 Å². The van der Waals surface area contributed by atoms with E-state index in [9.17, 15) is 4.79 Å². The number of rotatable bonds is 9. The van der Waals surface area contributed by atoms with Gasteiger partial charge in [-0.15, -0.1) is 13.2 Å². The third-order valence-electron chi connectivity index (χ3n) is 3.06. The van der Waals surface area contributed by atoms with Crippen LogP contribution in [0, 0.1) is 0 Å². The van der Waals surface area contributed by atoms with Crippen LogP contribution in [0.2, 0.25) is 0 Å². The van der Waals surface area contributed by atoms with Crippen LogP contribution in [0.5, 0.6) is 5.75 Å². The maximum atomic E-state index is 12.1. The highest BCUT2D eigenvalue weighted by Gasteiger charge is 2.11. The first-order valence-electron chi connectivity index (χ1n) is 7.43. The zero-order valence-electron chi connectivity index (χ0n) is 13.2. The topological polar surface area (TPSA) is 54.5 Å². The third-order valence-corrected chi connectivity index (χ3v) is 3.99. The summed E-state index contributed by atoms with van der Waals surface area (Å²) in [6, 6.07) is 5.72. The van der Waals surface area contributed by atoms with Crippen molar-refractivity contribution in [1.82, 2.24) is 9.88 Å². The van der Waals surface area contributed by atoms with E-state index in [0.29, 0.717) is 24.8 Å². The average Bonchev–Trinajstić information content (AvgIpc) is 2.89. The number of carbonyl (C=O) groups excluding carboxylic acids is 1. The van der Waals surface area contributed by atoms with E-state index in [2.05, 4.69) is 23.5 Å². The predicted molar refractivity (Wildman–Crippen MR) is 96.3 cm³/mol. The Hall–Kier alpha value is -2.18. The molecule has 5 nitrogen and oxygen atoms in total. The summed E-state index contributed by atoms with van der Waals surface area (Å²) in [4.78, 5) is 18.5. The lowest BCUT2D eigenvalue weighted by molar-refractivity contribution is -0.117. The lowest BCUT2D eigenvalue weighted by Crippen LogP contribution is -2.33. The normalized spacial score (nSPS) is 10.7. The van der Waals surface area contributed by atoms with Gasteiger partial charge in [0.05, 0.1) is 23.4 Å². The number of fused-ring (bicyclic) bond motifs is 1. The fraction of sp³-hybridized carbons (Fsp3) is 0.294. The molecule has 0 saturated heterocycles. The number of thiazole rings is 1. The van der Waals surface area contributed by atoms with Gasteiger partial charge >= 0.3 is 0 Å². The molecule has 0 radical (unpaired) electrons. The molecule has 122 valence electrons. The molecule has 0 aliphatic heterocycles. The molecule has 6 heteroatoms. The van der Waals surface area contributed by atoms with E-state index in [4.69, 9.17) is 4.74 Å². The first-order chi connectivity index (χ1) is 11.2. The van der Waals surface area contributed by atoms with E-state index in [0.717, 1.165) is 16.0 Å². The van der Waals surface area contributed by atoms with Crippen LogP contribution in [0.15, 0.2) is 43.5 Å². The molecule has 2 aromatic rings. The average molecular weight is 331 g/mol. The summed E-state index contributed by atoms with van der Waals surface area (Å²) in [6.45, 7) is 11.5. The monoisotopic (exact) mass is 331 g/mol. The molecular formula is C17H21N3O2S. The van der Waals surface area contributed by atoms with Crippen molar-refractivity contribution in [2.24, 2.45) is 0 Å². The Kier molecular flexibility index (Phi) is 6.31. The summed E-state index contributed by atoms with van der Waals surface area (Å²) >= 11 is 1.44. The Morgan fingerprint density at radius 1 is 1.39 bits per heavy atom. The smallest absolute Gasteiger partial charge is 0.240 e. The van der Waals surface area contributed by atoms with Crippen molar-refractivity contribution >= 4 is 32.6 Å². The summed E-state index contributed by atoms with van der Waals surface area (Å²) in [5, 5.41) is 3.44. The van der Waals surface area contributed by atoms with Gasteiger partial charge in [-0.05, 0) is 25.1 Å². The molecule has 1 aromatic heterocycles. The minimum atomic E-state index is -0.0993. The van der Waals surface area contributed by atoms with Crippen LogP contribution in [-0.4, -0.2) is 42.0 Å². The number of carbonyl (C=O) groups is 1. The number of benzene rings is 1. The Morgan fingerprint density at radius 3 is 2.78 bits per heavy atom. The highest BCUT2D eigenvalue weighted by molar-refractivity contribution is 7.22. The molecule has 0 unspecified atom stereocenters. The minimum Gasteiger partial charge on any atom is -0.494 e. The van der Waals surface area contributed by atoms with Gasteiger partial charge in [-0.1, -0.05) is 23.5 Å². The summed E-state index contributed by atoms with van der Waals surface area (Å²) in [7, 11) is 0. The van der Waals surface area contributed by atoms with Crippen LogP contribution >= 0.6 is 11.3 Å². The van der Waals surface area contributed by atoms with Gasteiger partial charge in [0.2, 0.25) is 5.91 Å². The summed E-state index contributed by atoms with van der Waals surface area (Å²) < 4.78 is 6.46. The molecule has 0 saturated carbocycles. The van der Waals surface area contributed by atoms with Crippen LogP contribution in [0.3, 0.4) is 0 Å². The molecule has 1 amide bonds. The van der Waals surface area contributed by atoms with E-state index < -0.39 is 0 Å². The van der Waals surface area contributed by atoms with E-state index in [-0.39, 0.29) is 12.5 Å². The van der Waals surface area contributed by atoms with Crippen LogP contribution in [0.25, 0.3) is 10.2 Å². The van der Waals surface area contributed by atoms with Gasteiger partial charge in [-0.25, -0.2) is 4.98 Å². The zero-order chi connectivity index (χ0) is 16.7. The van der Waals surface area contributed by atoms with Gasteiger partial charge in [0.15, 0.2) is 5.13 Å². The maximum Gasteiger partial charge on any atom is 0.240 e. The Labute approximate surface area is 140 Å². The predicted octanol–water partition coefficient (Wildman–Crippen LogP) is 3.31. The van der Waals surface area contributed by atoms with Gasteiger partial charge in [0.25, 0.3) is 0 Å². The van der Waals surface area contributed by atoms with E-state index in [1.165, 1.54) is 11.3 Å². The largest absolute Gasteiger partial charge is 0.494 e. The second-order valence-corrected chi connectivity index (χ2v) is 5.93. The third kappa shape index (κ3) is 4.91. The molecule has 0 aliphatic carbocycles. The molecule has 0 spiro atoms. The van der Waals surface area contributed by atoms with Gasteiger partial charge in [-0.2, -0.15) is 0 Å². The molecule has 1 aromatic carbocycles. The van der Waals surface area contributed by atoms with E-state index >= 15 is 0 Å². The standard InChI is InChI=1S/C17H21N3O2S/c1-4-9-20(10-5-2)12-16(21)19-17-18-14-8-7-13(22-6-3)11-15(14)23-17/h4-5,7-8,11H,1-2,6,9-10,12H2,3H3,(H,18,19,21). The molecular weight excluding hydrogens is 310 g/mol. The Balaban J connectivity index is 2.04. The molecule has 23 heavy (non-hydrogen) atoms. The van der Waals surface area contributed by atoms with Crippen LogP contribution in [0.4, 0.5) is 5.13 Å². The fourth-order valence-corrected chi connectivity index (χ4v) is 3.06. The minimum absolute atomic E-state index is 0.0993. The summed E-state index contributed by atoms with van der Waals surface area (Å²) in [6.07, 6.45) is 3.54. The highest BCUT2D eigenvalue weighted by Crippen LogP contribution is 2.29. The van der Waals surface area contributed by atoms with Crippen molar-refractivity contribution in [2.75, 3.05) is 31.6 Å². The van der Waals surface area contributed by atoms with Crippen molar-refractivity contribution in [3.05, 3.63) is 43.5 Å². The van der Waals surface area contributed by atoms with Crippen molar-refractivity contribution in [3.8, 4) is 5.75 Å². The van der Waals surface area contributed by atoms with Crippen molar-refractivity contribution < 1.29 is 9.53 Å². The first-order valence-corrected chi connectivity index (χ1v) is 8.25. The molecule has 2 rings (SSSR count). The van der Waals surface area contributed by atoms with E-state index in [1.54, 1.807) is 12.2 Å². The van der Waals surface area contributed by atoms with E-state index in [1.807, 2.05) is 30.0 Å². The SMILES string of the molecule is C=CCN(CC=C)CC(=O)Nc1nc2ccc(OCC)cc2s1. The van der Waals surface area contributed by atoms with Crippen molar-refractivity contribution in [1.29, 1.82) is 0 Å². The summed E-state index contributed by atoms with van der Waals surface area (Å²) in [5.41, 5.74) is 0.850. The van der Waals surface area contributed by atoms with Crippen molar-refractivity contribution in [2.45, 2.75) is 6.92 Å². The molecule has 0 aliphatic rings. The van der Waals surface area contributed by atoms with Crippen LogP contribution < -0.4 is 10.1 Å². The Bertz CT molecular complexity index is 686. The number of nitrogens with zero attached hydrogens (tertiary/aromatic N) is 2. The quantitative estimate of drug-likeness (QED) is 0.716. The number of anilines is 1. The second kappa shape index (κ2) is 8.45. The van der Waals surface area contributed by atoms with Crippen LogP contribution in [-0.2, 0) is 4.79 Å². The number of ether oxygens (including phenoxy) is 1. The molecule has 0 bridgehead atoms. The number of amides is 1. The fourth-order valence-electron chi connectivity index (χ4n) is 2.15. The lowest BCUT2D eigenvalue weighted by atomic mass is 10.3. The molecule has 1 N–H and O–H groups in total. The van der Waals surface area contributed by atoms with Gasteiger partial charge in [0, 0.05) is 13.1 Å². The zero-order valence-corrected chi connectivity index (χ0v) is 14.1. The summed E-state index contributed by atoms with van der Waals surface area (Å²) in [5.74, 6) is 0.711. The maximum absolute atomic E-state index is 12.1. The van der Waals surface area contributed by atoms with Gasteiger partial charge in [0.1, 0.15) is 5.75 Å². The van der Waals surface area contributed by atoms with Crippen LogP contribution in [0.1, 0.15) is 6.92 Å². The Morgan fingerprint density at radius 2 is 2.13 bits per heavy atom. The second-order valence-electron chi connectivity index (χ2n) is 4.90. The number of aromatic nitrogens is 1. The lowest BCUT2D eigenvalue weighted by Gasteiger charge is -2.17. The van der Waals surface area contributed by atoms with Gasteiger partial charge in [-0.3, -0.25) is 9.69 Å². The highest BCUT2D eigenvalue weighted by atomic mass is 32.1. The molecule has 0 fully saturated rings. The van der Waals surface area contributed by atoms with Crippen molar-refractivity contribution in [3.63, 3.8) is 0 Å². The first kappa shape index (κ1) is 17.2. The number of hydrogen-bond donors (Lipinski definition) is 1. The number of hydrogen-bond acceptors (Lipinski definition) is 5.